The monoisotopic (exact) mass is 387 g/mol. The van der Waals surface area contributed by atoms with E-state index in [0.717, 1.165) is 13.1 Å². The molecule has 0 spiro atoms. The van der Waals surface area contributed by atoms with Crippen molar-refractivity contribution in [2.45, 2.75) is 0 Å². The van der Waals surface area contributed by atoms with Crippen LogP contribution in [0.3, 0.4) is 0 Å². The van der Waals surface area contributed by atoms with Gasteiger partial charge >= 0.3 is 0 Å². The number of amides is 2. The van der Waals surface area contributed by atoms with Crippen LogP contribution in [0.5, 0.6) is 17.2 Å². The van der Waals surface area contributed by atoms with E-state index in [9.17, 15) is 9.59 Å². The van der Waals surface area contributed by atoms with Crippen molar-refractivity contribution in [3.63, 3.8) is 0 Å². The molecule has 1 saturated heterocycles. The number of nitrogens with zero attached hydrogens (tertiary/aromatic N) is 2. The molecule has 1 N–H and O–H groups in total. The maximum Gasteiger partial charge on any atom is 0.257 e. The van der Waals surface area contributed by atoms with Gasteiger partial charge in [0.15, 0.2) is 11.5 Å². The highest BCUT2D eigenvalue weighted by molar-refractivity contribution is 5.99. The van der Waals surface area contributed by atoms with Crippen molar-refractivity contribution in [1.82, 2.24) is 15.1 Å². The van der Waals surface area contributed by atoms with Crippen molar-refractivity contribution < 1.29 is 23.8 Å². The fourth-order valence-corrected chi connectivity index (χ4v) is 2.76. The number of carbonyl (C=O) groups is 2. The van der Waals surface area contributed by atoms with Gasteiger partial charge < -0.3 is 29.3 Å². The summed E-state index contributed by atoms with van der Waals surface area (Å²) < 4.78 is 15.9. The molecule has 0 unspecified atom stereocenters. The number of ether oxygens (including phenoxy) is 3. The molecule has 9 heteroatoms. The van der Waals surface area contributed by atoms with Crippen molar-refractivity contribution in [3.05, 3.63) is 17.7 Å². The van der Waals surface area contributed by atoms with Gasteiger partial charge in [-0.25, -0.2) is 0 Å². The van der Waals surface area contributed by atoms with Gasteiger partial charge in [-0.1, -0.05) is 0 Å². The summed E-state index contributed by atoms with van der Waals surface area (Å²) in [6.45, 7) is 2.86. The lowest BCUT2D eigenvalue weighted by Gasteiger charge is -2.29. The highest BCUT2D eigenvalue weighted by Gasteiger charge is 2.25. The van der Waals surface area contributed by atoms with E-state index in [0.29, 0.717) is 30.2 Å². The quantitative estimate of drug-likeness (QED) is 0.771. The molecule has 2 amide bonds. The minimum atomic E-state index is -0.318. The van der Waals surface area contributed by atoms with E-state index >= 15 is 0 Å². The molecule has 2 rings (SSSR count). The first kappa shape index (κ1) is 21.9. The van der Waals surface area contributed by atoms with Crippen LogP contribution in [0.15, 0.2) is 12.1 Å². The molecule has 0 aromatic heterocycles. The fourth-order valence-electron chi connectivity index (χ4n) is 2.76. The molecule has 146 valence electrons. The van der Waals surface area contributed by atoms with Gasteiger partial charge in [-0.15, -0.1) is 12.4 Å². The summed E-state index contributed by atoms with van der Waals surface area (Å²) in [6, 6.07) is 3.24. The molecule has 0 atom stereocenters. The molecule has 0 bridgehead atoms. The largest absolute Gasteiger partial charge is 0.493 e. The number of hydrogen-bond donors (Lipinski definition) is 1. The van der Waals surface area contributed by atoms with Crippen LogP contribution in [-0.2, 0) is 4.79 Å². The molecule has 0 aliphatic carbocycles. The van der Waals surface area contributed by atoms with E-state index in [1.165, 1.54) is 26.2 Å². The van der Waals surface area contributed by atoms with Crippen molar-refractivity contribution in [2.24, 2.45) is 0 Å². The van der Waals surface area contributed by atoms with E-state index in [1.807, 2.05) is 0 Å². The third-order valence-corrected chi connectivity index (χ3v) is 4.12. The topological polar surface area (TPSA) is 80.3 Å². The van der Waals surface area contributed by atoms with Crippen LogP contribution >= 0.6 is 12.4 Å². The number of nitrogens with one attached hydrogen (secondary N) is 1. The van der Waals surface area contributed by atoms with E-state index in [-0.39, 0.29) is 36.5 Å². The molecule has 1 aliphatic rings. The Morgan fingerprint density at radius 1 is 1.08 bits per heavy atom. The van der Waals surface area contributed by atoms with Crippen LogP contribution in [0.1, 0.15) is 10.4 Å². The molecule has 1 heterocycles. The van der Waals surface area contributed by atoms with Crippen molar-refractivity contribution in [3.8, 4) is 17.2 Å². The first-order valence-corrected chi connectivity index (χ1v) is 8.06. The van der Waals surface area contributed by atoms with Crippen LogP contribution in [-0.4, -0.2) is 82.7 Å². The number of carbonyl (C=O) groups excluding carboxylic acids is 2. The summed E-state index contributed by atoms with van der Waals surface area (Å²) in [7, 11) is 6.04. The number of piperazine rings is 1. The Kier molecular flexibility index (Phi) is 8.47. The summed E-state index contributed by atoms with van der Waals surface area (Å²) in [4.78, 5) is 28.3. The van der Waals surface area contributed by atoms with E-state index in [4.69, 9.17) is 14.2 Å². The third kappa shape index (κ3) is 4.70. The van der Waals surface area contributed by atoms with E-state index in [1.54, 1.807) is 24.1 Å². The minimum Gasteiger partial charge on any atom is -0.493 e. The first-order chi connectivity index (χ1) is 12.0. The number of halogens is 1. The SMILES string of the molecule is COc1ccc(C(=O)N(C)CC(=O)N2CCNCC2)c(OC)c1OC.Cl. The molecule has 1 fully saturated rings. The molecule has 0 saturated carbocycles. The maximum atomic E-state index is 12.8. The number of rotatable bonds is 6. The van der Waals surface area contributed by atoms with Crippen molar-refractivity contribution in [1.29, 1.82) is 0 Å². The Morgan fingerprint density at radius 2 is 1.69 bits per heavy atom. The summed E-state index contributed by atoms with van der Waals surface area (Å²) in [5.74, 6) is 0.708. The van der Waals surface area contributed by atoms with Gasteiger partial charge in [0.2, 0.25) is 11.7 Å². The van der Waals surface area contributed by atoms with Gasteiger partial charge in [0.1, 0.15) is 0 Å². The smallest absolute Gasteiger partial charge is 0.257 e. The Hall–Kier alpha value is -2.19. The zero-order chi connectivity index (χ0) is 18.4. The Morgan fingerprint density at radius 3 is 2.23 bits per heavy atom. The molecule has 1 aliphatic heterocycles. The zero-order valence-corrected chi connectivity index (χ0v) is 16.4. The van der Waals surface area contributed by atoms with Crippen LogP contribution in [0.2, 0.25) is 0 Å². The molecule has 0 radical (unpaired) electrons. The summed E-state index contributed by atoms with van der Waals surface area (Å²) in [6.07, 6.45) is 0. The van der Waals surface area contributed by atoms with Crippen molar-refractivity contribution in [2.75, 3.05) is 61.1 Å². The van der Waals surface area contributed by atoms with Crippen molar-refractivity contribution >= 4 is 24.2 Å². The predicted molar refractivity (Wildman–Crippen MR) is 99.8 cm³/mol. The fraction of sp³-hybridized carbons (Fsp3) is 0.529. The highest BCUT2D eigenvalue weighted by atomic mass is 35.5. The third-order valence-electron chi connectivity index (χ3n) is 4.12. The van der Waals surface area contributed by atoms with Gasteiger partial charge in [-0.3, -0.25) is 9.59 Å². The van der Waals surface area contributed by atoms with E-state index < -0.39 is 0 Å². The molecule has 8 nitrogen and oxygen atoms in total. The summed E-state index contributed by atoms with van der Waals surface area (Å²) in [5.41, 5.74) is 0.316. The standard InChI is InChI=1S/C17H25N3O5.ClH/c1-19(11-14(21)20-9-7-18-8-10-20)17(22)12-5-6-13(23-2)16(25-4)15(12)24-3;/h5-6,18H,7-11H2,1-4H3;1H. The van der Waals surface area contributed by atoms with Gasteiger partial charge in [0.25, 0.3) is 5.91 Å². The molecule has 1 aromatic rings. The average Bonchev–Trinajstić information content (AvgIpc) is 2.66. The lowest BCUT2D eigenvalue weighted by Crippen LogP contribution is -2.49. The zero-order valence-electron chi connectivity index (χ0n) is 15.5. The minimum absolute atomic E-state index is 0. The van der Waals surface area contributed by atoms with Crippen LogP contribution in [0, 0.1) is 0 Å². The normalized spacial score (nSPS) is 13.5. The maximum absolute atomic E-state index is 12.8. The Balaban J connectivity index is 0.00000338. The Labute approximate surface area is 159 Å². The lowest BCUT2D eigenvalue weighted by atomic mass is 10.1. The van der Waals surface area contributed by atoms with Crippen LogP contribution in [0.25, 0.3) is 0 Å². The summed E-state index contributed by atoms with van der Waals surface area (Å²) >= 11 is 0. The number of hydrogen-bond acceptors (Lipinski definition) is 6. The van der Waals surface area contributed by atoms with E-state index in [2.05, 4.69) is 5.32 Å². The molecular weight excluding hydrogens is 362 g/mol. The number of likely N-dealkylation sites (N-methyl/N-ethyl adjacent to an activating group) is 1. The van der Waals surface area contributed by atoms with Gasteiger partial charge in [-0.2, -0.15) is 0 Å². The molecule has 1 aromatic carbocycles. The lowest BCUT2D eigenvalue weighted by molar-refractivity contribution is -0.132. The second-order valence-electron chi connectivity index (χ2n) is 5.67. The van der Waals surface area contributed by atoms with Crippen LogP contribution in [0.4, 0.5) is 0 Å². The van der Waals surface area contributed by atoms with Gasteiger partial charge in [-0.05, 0) is 12.1 Å². The molecular formula is C17H26ClN3O5. The molecule has 26 heavy (non-hydrogen) atoms. The highest BCUT2D eigenvalue weighted by Crippen LogP contribution is 2.40. The Bertz CT molecular complexity index is 635. The predicted octanol–water partition coefficient (Wildman–Crippen LogP) is 0.638. The van der Waals surface area contributed by atoms with Crippen LogP contribution < -0.4 is 19.5 Å². The second-order valence-corrected chi connectivity index (χ2v) is 5.67. The van der Waals surface area contributed by atoms with Gasteiger partial charge in [0, 0.05) is 33.2 Å². The van der Waals surface area contributed by atoms with Gasteiger partial charge in [0.05, 0.1) is 33.4 Å². The average molecular weight is 388 g/mol. The summed E-state index contributed by atoms with van der Waals surface area (Å²) in [5, 5.41) is 3.19. The second kappa shape index (κ2) is 10.1. The first-order valence-electron chi connectivity index (χ1n) is 8.06. The number of benzene rings is 1. The number of methoxy groups -OCH3 is 3.